The highest BCUT2D eigenvalue weighted by molar-refractivity contribution is 5.92. The number of fused-ring (bicyclic) bond motifs is 1. The lowest BCUT2D eigenvalue weighted by Crippen LogP contribution is -2.14. The molecule has 0 saturated heterocycles. The highest BCUT2D eigenvalue weighted by atomic mass is 16.6. The molecule has 2 N–H and O–H groups in total. The van der Waals surface area contributed by atoms with Crippen molar-refractivity contribution >= 4 is 22.8 Å². The second kappa shape index (κ2) is 9.25. The molecule has 3 rings (SSSR count). The smallest absolute Gasteiger partial charge is 0.322 e. The molecule has 168 valence electrons. The summed E-state index contributed by atoms with van der Waals surface area (Å²) in [7, 11) is 5.58. The molecule has 0 saturated carbocycles. The van der Waals surface area contributed by atoms with Crippen LogP contribution in [0.1, 0.15) is 6.42 Å². The number of carboxylic acids is 1. The zero-order valence-electron chi connectivity index (χ0n) is 17.7. The monoisotopic (exact) mass is 444 g/mol. The number of nitrogens with one attached hydrogen (secondary N) is 1. The summed E-state index contributed by atoms with van der Waals surface area (Å²) < 4.78 is 26.2. The maximum Gasteiger partial charge on any atom is 0.322 e. The second-order valence-electron chi connectivity index (χ2n) is 6.39. The van der Waals surface area contributed by atoms with Crippen molar-refractivity contribution in [3.63, 3.8) is 0 Å². The normalized spacial score (nSPS) is 10.5. The maximum absolute atomic E-state index is 12.8. The zero-order chi connectivity index (χ0) is 23.4. The van der Waals surface area contributed by atoms with Crippen molar-refractivity contribution in [3.05, 3.63) is 34.6 Å². The summed E-state index contributed by atoms with van der Waals surface area (Å²) in [5.41, 5.74) is 0.270. The number of nitrogens with zero attached hydrogens (tertiary/aromatic N) is 1. The summed E-state index contributed by atoms with van der Waals surface area (Å²) in [6.07, 6.45) is -0.836. The number of aromatic nitrogens is 2. The number of benzene rings is 2. The Morgan fingerprint density at radius 2 is 1.56 bits per heavy atom. The van der Waals surface area contributed by atoms with E-state index in [4.69, 9.17) is 28.8 Å². The van der Waals surface area contributed by atoms with Gasteiger partial charge in [-0.15, -0.1) is 0 Å². The predicted molar refractivity (Wildman–Crippen MR) is 112 cm³/mol. The van der Waals surface area contributed by atoms with Gasteiger partial charge in [-0.3, -0.25) is 14.4 Å². The van der Waals surface area contributed by atoms with E-state index in [0.717, 1.165) is 0 Å². The van der Waals surface area contributed by atoms with E-state index < -0.39 is 23.9 Å². The lowest BCUT2D eigenvalue weighted by molar-refractivity contribution is -0.145. The summed E-state index contributed by atoms with van der Waals surface area (Å²) in [5, 5.41) is 9.02. The molecule has 0 aliphatic carbocycles. The van der Waals surface area contributed by atoms with Crippen molar-refractivity contribution < 1.29 is 38.4 Å². The Morgan fingerprint density at radius 3 is 2.09 bits per heavy atom. The van der Waals surface area contributed by atoms with Gasteiger partial charge in [-0.1, -0.05) is 0 Å². The summed E-state index contributed by atoms with van der Waals surface area (Å²) in [6.45, 7) is 0. The molecule has 0 bridgehead atoms. The quantitative estimate of drug-likeness (QED) is 0.300. The topological polar surface area (TPSA) is 146 Å². The fraction of sp³-hybridized carbons (Fsp3) is 0.238. The molecule has 0 spiro atoms. The van der Waals surface area contributed by atoms with E-state index in [1.807, 2.05) is 0 Å². The Balaban J connectivity index is 2.16. The van der Waals surface area contributed by atoms with Crippen LogP contribution < -0.4 is 29.2 Å². The number of hydrogen-bond donors (Lipinski definition) is 2. The number of aromatic amines is 1. The van der Waals surface area contributed by atoms with Gasteiger partial charge in [0, 0.05) is 17.7 Å². The second-order valence-corrected chi connectivity index (χ2v) is 6.39. The summed E-state index contributed by atoms with van der Waals surface area (Å²) in [4.78, 5) is 42.5. The van der Waals surface area contributed by atoms with E-state index in [9.17, 15) is 14.4 Å². The highest BCUT2D eigenvalue weighted by Crippen LogP contribution is 2.41. The Kier molecular flexibility index (Phi) is 6.47. The largest absolute Gasteiger partial charge is 0.497 e. The van der Waals surface area contributed by atoms with Gasteiger partial charge in [0.2, 0.25) is 5.75 Å². The Hall–Kier alpha value is -4.28. The number of carbonyl (C=O) groups is 2. The molecule has 1 heterocycles. The maximum atomic E-state index is 12.8. The van der Waals surface area contributed by atoms with E-state index in [-0.39, 0.29) is 28.5 Å². The van der Waals surface area contributed by atoms with Crippen LogP contribution in [0.4, 0.5) is 0 Å². The van der Waals surface area contributed by atoms with Gasteiger partial charge in [0.1, 0.15) is 29.1 Å². The molecule has 0 aliphatic heterocycles. The standard InChI is InChI=1S/C21H20N2O9/c1-28-11-7-12-18(13(8-11)29-2)21(27)23-20(22-12)10-5-14(30-3)19(15(6-10)31-4)32-17(26)9-16(24)25/h5-8H,9H2,1-4H3,(H,24,25)(H,22,23,27). The number of hydrogen-bond acceptors (Lipinski definition) is 9. The van der Waals surface area contributed by atoms with Gasteiger partial charge < -0.3 is 33.8 Å². The Bertz CT molecular complexity index is 1220. The van der Waals surface area contributed by atoms with Crippen molar-refractivity contribution in [2.45, 2.75) is 6.42 Å². The minimum Gasteiger partial charge on any atom is -0.497 e. The molecule has 0 atom stereocenters. The van der Waals surface area contributed by atoms with Gasteiger partial charge >= 0.3 is 11.9 Å². The van der Waals surface area contributed by atoms with E-state index in [1.54, 1.807) is 12.1 Å². The van der Waals surface area contributed by atoms with Crippen LogP contribution in [-0.2, 0) is 9.59 Å². The molecule has 2 aromatic carbocycles. The SMILES string of the molecule is COc1cc(OC)c2c(=O)[nH]c(-c3cc(OC)c(OC(=O)CC(=O)O)c(OC)c3)nc2c1. The lowest BCUT2D eigenvalue weighted by atomic mass is 10.1. The third-order valence-corrected chi connectivity index (χ3v) is 4.45. The molecule has 3 aromatic rings. The van der Waals surface area contributed by atoms with Crippen LogP contribution in [0.5, 0.6) is 28.7 Å². The number of carbonyl (C=O) groups excluding carboxylic acids is 1. The van der Waals surface area contributed by atoms with Crippen LogP contribution >= 0.6 is 0 Å². The van der Waals surface area contributed by atoms with Gasteiger partial charge in [0.15, 0.2) is 11.5 Å². The van der Waals surface area contributed by atoms with Crippen LogP contribution in [0.2, 0.25) is 0 Å². The van der Waals surface area contributed by atoms with E-state index >= 15 is 0 Å². The fourth-order valence-corrected chi connectivity index (χ4v) is 3.02. The van der Waals surface area contributed by atoms with Gasteiger partial charge in [-0.25, -0.2) is 4.98 Å². The Labute approximate surface area is 181 Å². The number of aliphatic carboxylic acids is 1. The van der Waals surface area contributed by atoms with Crippen molar-refractivity contribution in [2.24, 2.45) is 0 Å². The van der Waals surface area contributed by atoms with Gasteiger partial charge in [0.25, 0.3) is 5.56 Å². The third kappa shape index (κ3) is 4.41. The number of esters is 1. The third-order valence-electron chi connectivity index (χ3n) is 4.45. The summed E-state index contributed by atoms with van der Waals surface area (Å²) in [5.74, 6) is -1.36. The average Bonchev–Trinajstić information content (AvgIpc) is 2.77. The van der Waals surface area contributed by atoms with Crippen molar-refractivity contribution in [3.8, 4) is 40.1 Å². The fourth-order valence-electron chi connectivity index (χ4n) is 3.02. The van der Waals surface area contributed by atoms with Crippen molar-refractivity contribution in [1.82, 2.24) is 9.97 Å². The Morgan fingerprint density at radius 1 is 0.938 bits per heavy atom. The van der Waals surface area contributed by atoms with Gasteiger partial charge in [-0.05, 0) is 12.1 Å². The first kappa shape index (κ1) is 22.4. The minimum atomic E-state index is -1.34. The highest BCUT2D eigenvalue weighted by Gasteiger charge is 2.21. The molecule has 0 radical (unpaired) electrons. The molecule has 11 nitrogen and oxygen atoms in total. The molecule has 0 unspecified atom stereocenters. The molecular weight excluding hydrogens is 424 g/mol. The predicted octanol–water partition coefficient (Wildman–Crippen LogP) is 2.00. The molecule has 11 heteroatoms. The molecule has 0 fully saturated rings. The average molecular weight is 444 g/mol. The first-order valence-electron chi connectivity index (χ1n) is 9.16. The molecule has 0 amide bonds. The van der Waals surface area contributed by atoms with Crippen molar-refractivity contribution in [1.29, 1.82) is 0 Å². The first-order chi connectivity index (χ1) is 15.3. The van der Waals surface area contributed by atoms with E-state index in [2.05, 4.69) is 9.97 Å². The molecule has 1 aromatic heterocycles. The van der Waals surface area contributed by atoms with E-state index in [1.165, 1.54) is 40.6 Å². The van der Waals surface area contributed by atoms with Crippen LogP contribution in [-0.4, -0.2) is 55.5 Å². The number of carboxylic acid groups (broad SMARTS) is 1. The summed E-state index contributed by atoms with van der Waals surface area (Å²) >= 11 is 0. The van der Waals surface area contributed by atoms with Gasteiger partial charge in [0.05, 0.1) is 34.0 Å². The summed E-state index contributed by atoms with van der Waals surface area (Å²) in [6, 6.07) is 6.10. The number of rotatable bonds is 8. The molecule has 32 heavy (non-hydrogen) atoms. The lowest BCUT2D eigenvalue weighted by Gasteiger charge is -2.15. The van der Waals surface area contributed by atoms with E-state index in [0.29, 0.717) is 22.6 Å². The van der Waals surface area contributed by atoms with Crippen LogP contribution in [0, 0.1) is 0 Å². The first-order valence-corrected chi connectivity index (χ1v) is 9.16. The number of ether oxygens (including phenoxy) is 5. The minimum absolute atomic E-state index is 0.0732. The molecular formula is C21H20N2O9. The van der Waals surface area contributed by atoms with Crippen molar-refractivity contribution in [2.75, 3.05) is 28.4 Å². The van der Waals surface area contributed by atoms with Crippen LogP contribution in [0.3, 0.4) is 0 Å². The zero-order valence-corrected chi connectivity index (χ0v) is 17.7. The van der Waals surface area contributed by atoms with Gasteiger partial charge in [-0.2, -0.15) is 0 Å². The number of methoxy groups -OCH3 is 4. The van der Waals surface area contributed by atoms with Crippen LogP contribution in [0.15, 0.2) is 29.1 Å². The van der Waals surface area contributed by atoms with Crippen LogP contribution in [0.25, 0.3) is 22.3 Å². The molecule has 0 aliphatic rings. The number of H-pyrrole nitrogens is 1.